The number of hydrogen-bond acceptors (Lipinski definition) is 2. The molecule has 0 saturated carbocycles. The second kappa shape index (κ2) is 8.41. The van der Waals surface area contributed by atoms with E-state index in [4.69, 9.17) is 4.99 Å². The zero-order valence-corrected chi connectivity index (χ0v) is 13.6. The molecule has 0 bridgehead atoms. The van der Waals surface area contributed by atoms with E-state index in [0.717, 1.165) is 44.2 Å². The Morgan fingerprint density at radius 2 is 1.91 bits per heavy atom. The van der Waals surface area contributed by atoms with Gasteiger partial charge in [0.05, 0.1) is 0 Å². The topological polar surface area (TPSA) is 56.7 Å². The van der Waals surface area contributed by atoms with E-state index in [2.05, 4.69) is 22.5 Å². The van der Waals surface area contributed by atoms with E-state index >= 15 is 0 Å². The van der Waals surface area contributed by atoms with Gasteiger partial charge in [-0.15, -0.1) is 0 Å². The number of aliphatic imine (C=N–C) groups is 1. The Bertz CT molecular complexity index is 504. The van der Waals surface area contributed by atoms with Crippen molar-refractivity contribution in [3.8, 4) is 0 Å². The highest BCUT2D eigenvalue weighted by molar-refractivity contribution is 5.88. The molecule has 1 aromatic carbocycles. The molecule has 1 saturated heterocycles. The fourth-order valence-corrected chi connectivity index (χ4v) is 2.60. The molecule has 5 nitrogen and oxygen atoms in total. The van der Waals surface area contributed by atoms with E-state index < -0.39 is 0 Å². The predicted molar refractivity (Wildman–Crippen MR) is 91.2 cm³/mol. The van der Waals surface area contributed by atoms with Gasteiger partial charge in [0, 0.05) is 38.8 Å². The van der Waals surface area contributed by atoms with E-state index in [1.54, 1.807) is 0 Å². The molecule has 1 aliphatic heterocycles. The van der Waals surface area contributed by atoms with Crippen molar-refractivity contribution in [3.05, 3.63) is 29.8 Å². The SMILES string of the molecule is CCNC(=NCCc1ccc(NC(C)=O)cc1)N1CCCC1. The highest BCUT2D eigenvalue weighted by Gasteiger charge is 2.15. The van der Waals surface area contributed by atoms with Gasteiger partial charge in [-0.3, -0.25) is 9.79 Å². The summed E-state index contributed by atoms with van der Waals surface area (Å²) in [5, 5.41) is 6.15. The van der Waals surface area contributed by atoms with Crippen molar-refractivity contribution in [2.24, 2.45) is 4.99 Å². The standard InChI is InChI=1S/C17H26N4O/c1-3-18-17(21-12-4-5-13-21)19-11-10-15-6-8-16(9-7-15)20-14(2)22/h6-9H,3-5,10-13H2,1-2H3,(H,18,19)(H,20,22). The molecule has 0 aromatic heterocycles. The van der Waals surface area contributed by atoms with Crippen LogP contribution < -0.4 is 10.6 Å². The number of nitrogens with one attached hydrogen (secondary N) is 2. The van der Waals surface area contributed by atoms with E-state index in [9.17, 15) is 4.79 Å². The number of likely N-dealkylation sites (tertiary alicyclic amines) is 1. The van der Waals surface area contributed by atoms with Crippen LogP contribution in [0.5, 0.6) is 0 Å². The number of amides is 1. The van der Waals surface area contributed by atoms with Crippen LogP contribution in [0.2, 0.25) is 0 Å². The van der Waals surface area contributed by atoms with Crippen molar-refractivity contribution < 1.29 is 4.79 Å². The molecular weight excluding hydrogens is 276 g/mol. The van der Waals surface area contributed by atoms with Crippen molar-refractivity contribution in [2.75, 3.05) is 31.5 Å². The summed E-state index contributed by atoms with van der Waals surface area (Å²) in [5.41, 5.74) is 2.07. The Morgan fingerprint density at radius 1 is 1.23 bits per heavy atom. The lowest BCUT2D eigenvalue weighted by atomic mass is 10.1. The summed E-state index contributed by atoms with van der Waals surface area (Å²) >= 11 is 0. The maximum Gasteiger partial charge on any atom is 0.221 e. The molecule has 0 atom stereocenters. The van der Waals surface area contributed by atoms with Crippen molar-refractivity contribution in [1.82, 2.24) is 10.2 Å². The first-order valence-corrected chi connectivity index (χ1v) is 8.09. The van der Waals surface area contributed by atoms with Crippen molar-refractivity contribution in [1.29, 1.82) is 0 Å². The van der Waals surface area contributed by atoms with Crippen LogP contribution in [-0.4, -0.2) is 42.9 Å². The molecule has 1 amide bonds. The van der Waals surface area contributed by atoms with Crippen LogP contribution in [0.4, 0.5) is 5.69 Å². The first-order chi connectivity index (χ1) is 10.7. The number of carbonyl (C=O) groups excluding carboxylic acids is 1. The molecule has 1 fully saturated rings. The van der Waals surface area contributed by atoms with E-state index in [-0.39, 0.29) is 5.91 Å². The zero-order valence-electron chi connectivity index (χ0n) is 13.6. The van der Waals surface area contributed by atoms with Gasteiger partial charge in [-0.05, 0) is 43.9 Å². The molecule has 1 aromatic rings. The molecule has 0 spiro atoms. The van der Waals surface area contributed by atoms with E-state index in [1.165, 1.54) is 25.3 Å². The van der Waals surface area contributed by atoms with Crippen LogP contribution in [-0.2, 0) is 11.2 Å². The minimum atomic E-state index is -0.0433. The number of carbonyl (C=O) groups is 1. The monoisotopic (exact) mass is 302 g/mol. The average molecular weight is 302 g/mol. The van der Waals surface area contributed by atoms with Crippen LogP contribution in [0, 0.1) is 0 Å². The van der Waals surface area contributed by atoms with Crippen molar-refractivity contribution in [3.63, 3.8) is 0 Å². The second-order valence-corrected chi connectivity index (χ2v) is 5.56. The van der Waals surface area contributed by atoms with Gasteiger partial charge >= 0.3 is 0 Å². The summed E-state index contributed by atoms with van der Waals surface area (Å²) in [4.78, 5) is 18.1. The molecular formula is C17H26N4O. The second-order valence-electron chi connectivity index (χ2n) is 5.56. The molecule has 1 heterocycles. The Labute approximate surface area is 132 Å². The summed E-state index contributed by atoms with van der Waals surface area (Å²) in [6, 6.07) is 7.96. The fourth-order valence-electron chi connectivity index (χ4n) is 2.60. The Hall–Kier alpha value is -2.04. The molecule has 0 unspecified atom stereocenters. The smallest absolute Gasteiger partial charge is 0.221 e. The van der Waals surface area contributed by atoms with Crippen LogP contribution in [0.1, 0.15) is 32.3 Å². The largest absolute Gasteiger partial charge is 0.357 e. The third-order valence-corrected chi connectivity index (χ3v) is 3.68. The average Bonchev–Trinajstić information content (AvgIpc) is 3.02. The minimum absolute atomic E-state index is 0.0433. The van der Waals surface area contributed by atoms with Gasteiger partial charge in [-0.25, -0.2) is 0 Å². The van der Waals surface area contributed by atoms with Crippen LogP contribution in [0.3, 0.4) is 0 Å². The first-order valence-electron chi connectivity index (χ1n) is 8.09. The van der Waals surface area contributed by atoms with Crippen LogP contribution in [0.15, 0.2) is 29.3 Å². The Kier molecular flexibility index (Phi) is 6.25. The summed E-state index contributed by atoms with van der Waals surface area (Å²) < 4.78 is 0. The maximum absolute atomic E-state index is 11.0. The molecule has 2 N–H and O–H groups in total. The summed E-state index contributed by atoms with van der Waals surface area (Å²) in [7, 11) is 0. The lowest BCUT2D eigenvalue weighted by molar-refractivity contribution is -0.114. The van der Waals surface area contributed by atoms with E-state index in [1.807, 2.05) is 24.3 Å². The number of anilines is 1. The molecule has 1 aliphatic rings. The highest BCUT2D eigenvalue weighted by Crippen LogP contribution is 2.11. The number of nitrogens with zero attached hydrogens (tertiary/aromatic N) is 2. The van der Waals surface area contributed by atoms with Gasteiger partial charge in [-0.2, -0.15) is 0 Å². The molecule has 0 radical (unpaired) electrons. The summed E-state index contributed by atoms with van der Waals surface area (Å²) in [5.74, 6) is 0.994. The van der Waals surface area contributed by atoms with Gasteiger partial charge in [-0.1, -0.05) is 12.1 Å². The lowest BCUT2D eigenvalue weighted by Crippen LogP contribution is -2.39. The number of benzene rings is 1. The van der Waals surface area contributed by atoms with Crippen LogP contribution in [0.25, 0.3) is 0 Å². The molecule has 5 heteroatoms. The highest BCUT2D eigenvalue weighted by atomic mass is 16.1. The van der Waals surface area contributed by atoms with Gasteiger partial charge in [0.25, 0.3) is 0 Å². The maximum atomic E-state index is 11.0. The number of guanidine groups is 1. The molecule has 120 valence electrons. The fraction of sp³-hybridized carbons (Fsp3) is 0.529. The first kappa shape index (κ1) is 16.3. The summed E-state index contributed by atoms with van der Waals surface area (Å²) in [6.07, 6.45) is 3.42. The minimum Gasteiger partial charge on any atom is -0.357 e. The zero-order chi connectivity index (χ0) is 15.8. The van der Waals surface area contributed by atoms with Crippen molar-refractivity contribution >= 4 is 17.6 Å². The predicted octanol–water partition coefficient (Wildman–Crippen LogP) is 2.25. The third-order valence-electron chi connectivity index (χ3n) is 3.68. The third kappa shape index (κ3) is 5.06. The van der Waals surface area contributed by atoms with Gasteiger partial charge in [0.2, 0.25) is 5.91 Å². The Morgan fingerprint density at radius 3 is 2.50 bits per heavy atom. The molecule has 2 rings (SSSR count). The van der Waals surface area contributed by atoms with E-state index in [0.29, 0.717) is 0 Å². The molecule has 0 aliphatic carbocycles. The lowest BCUT2D eigenvalue weighted by Gasteiger charge is -2.20. The number of rotatable bonds is 5. The molecule has 22 heavy (non-hydrogen) atoms. The summed E-state index contributed by atoms with van der Waals surface area (Å²) in [6.45, 7) is 7.52. The number of hydrogen-bond donors (Lipinski definition) is 2. The quantitative estimate of drug-likeness (QED) is 0.648. The van der Waals surface area contributed by atoms with Gasteiger partial charge in [0.15, 0.2) is 5.96 Å². The van der Waals surface area contributed by atoms with Crippen molar-refractivity contribution in [2.45, 2.75) is 33.1 Å². The Balaban J connectivity index is 1.87. The van der Waals surface area contributed by atoms with Crippen LogP contribution >= 0.6 is 0 Å². The van der Waals surface area contributed by atoms with Gasteiger partial charge < -0.3 is 15.5 Å². The van der Waals surface area contributed by atoms with Gasteiger partial charge in [0.1, 0.15) is 0 Å². The normalized spacial score (nSPS) is 15.0.